The van der Waals surface area contributed by atoms with E-state index >= 15 is 0 Å². The molecule has 0 saturated heterocycles. The number of nitrogens with zero attached hydrogens (tertiary/aromatic N) is 4. The number of hydrogen-bond donors (Lipinski definition) is 0. The molecule has 0 bridgehead atoms. The molecule has 0 atom stereocenters. The fourth-order valence-electron chi connectivity index (χ4n) is 2.90. The monoisotopic (exact) mass is 404 g/mol. The molecule has 1 aromatic carbocycles. The molecule has 0 fully saturated rings. The summed E-state index contributed by atoms with van der Waals surface area (Å²) < 4.78 is 19.2. The number of halogens is 1. The Morgan fingerprint density at radius 2 is 2.14 bits per heavy atom. The van der Waals surface area contributed by atoms with Gasteiger partial charge in [-0.1, -0.05) is 11.6 Å². The van der Waals surface area contributed by atoms with Crippen LogP contribution in [0.3, 0.4) is 0 Å². The molecule has 3 aromatic rings. The van der Waals surface area contributed by atoms with Gasteiger partial charge in [0.25, 0.3) is 5.56 Å². The normalized spacial score (nSPS) is 13.4. The van der Waals surface area contributed by atoms with Crippen LogP contribution in [0.25, 0.3) is 11.0 Å². The maximum absolute atomic E-state index is 12.4. The lowest BCUT2D eigenvalue weighted by Gasteiger charge is -2.12. The summed E-state index contributed by atoms with van der Waals surface area (Å²) in [6, 6.07) is 3.40. The summed E-state index contributed by atoms with van der Waals surface area (Å²) in [7, 11) is 1.69. The average Bonchev–Trinajstić information content (AvgIpc) is 2.89. The molecule has 0 aliphatic carbocycles. The van der Waals surface area contributed by atoms with Gasteiger partial charge in [0.1, 0.15) is 24.9 Å². The fourth-order valence-corrected chi connectivity index (χ4v) is 3.18. The van der Waals surface area contributed by atoms with Crippen LogP contribution in [-0.2, 0) is 29.7 Å². The number of esters is 1. The molecule has 146 valence electrons. The Morgan fingerprint density at radius 1 is 1.32 bits per heavy atom. The van der Waals surface area contributed by atoms with Gasteiger partial charge in [-0.2, -0.15) is 5.10 Å². The fraction of sp³-hybridized carbons (Fsp3) is 0.333. The van der Waals surface area contributed by atoms with Gasteiger partial charge in [0.2, 0.25) is 0 Å². The number of benzene rings is 1. The van der Waals surface area contributed by atoms with Crippen molar-refractivity contribution in [3.8, 4) is 11.5 Å². The number of aryl methyl sites for hydroxylation is 1. The Hall–Kier alpha value is -3.07. The Bertz CT molecular complexity index is 1110. The lowest BCUT2D eigenvalue weighted by molar-refractivity contribution is -0.145. The standard InChI is InChI=1S/C18H17ClN4O5/c1-22-17-12(7-21-22)18(25)23(10-20-17)8-15(24)28-9-11-5-13(19)16-14(6-11)26-3-2-4-27-16/h5-7,10H,2-4,8-9H2,1H3. The molecule has 0 amide bonds. The van der Waals surface area contributed by atoms with Crippen LogP contribution in [0.2, 0.25) is 5.02 Å². The van der Waals surface area contributed by atoms with E-state index < -0.39 is 5.97 Å². The first-order valence-corrected chi connectivity index (χ1v) is 9.01. The third kappa shape index (κ3) is 3.53. The summed E-state index contributed by atoms with van der Waals surface area (Å²) in [5, 5.41) is 4.73. The molecule has 9 nitrogen and oxygen atoms in total. The van der Waals surface area contributed by atoms with Crippen molar-refractivity contribution in [1.82, 2.24) is 19.3 Å². The highest BCUT2D eigenvalue weighted by molar-refractivity contribution is 6.32. The van der Waals surface area contributed by atoms with E-state index in [1.54, 1.807) is 19.2 Å². The van der Waals surface area contributed by atoms with E-state index in [0.29, 0.717) is 46.3 Å². The predicted molar refractivity (Wildman–Crippen MR) is 99.6 cm³/mol. The minimum absolute atomic E-state index is 0.00743. The SMILES string of the molecule is Cn1ncc2c(=O)n(CC(=O)OCc3cc(Cl)c4c(c3)OCCCO4)cnc21. The molecule has 0 N–H and O–H groups in total. The molecule has 2 aromatic heterocycles. The molecular formula is C18H17ClN4O5. The first kappa shape index (κ1) is 18.3. The molecule has 0 radical (unpaired) electrons. The van der Waals surface area contributed by atoms with Crippen LogP contribution in [-0.4, -0.2) is 38.5 Å². The molecule has 10 heteroatoms. The van der Waals surface area contributed by atoms with Gasteiger partial charge in [0.15, 0.2) is 17.1 Å². The molecule has 3 heterocycles. The molecule has 1 aliphatic rings. The highest BCUT2D eigenvalue weighted by Gasteiger charge is 2.17. The van der Waals surface area contributed by atoms with Crippen LogP contribution in [0.1, 0.15) is 12.0 Å². The van der Waals surface area contributed by atoms with Crippen LogP contribution >= 0.6 is 11.6 Å². The summed E-state index contributed by atoms with van der Waals surface area (Å²) in [6.45, 7) is 0.798. The van der Waals surface area contributed by atoms with Crippen molar-refractivity contribution in [3.05, 3.63) is 45.6 Å². The second-order valence-corrected chi connectivity index (χ2v) is 6.71. The van der Waals surface area contributed by atoms with Crippen LogP contribution < -0.4 is 15.0 Å². The van der Waals surface area contributed by atoms with Crippen molar-refractivity contribution in [1.29, 1.82) is 0 Å². The van der Waals surface area contributed by atoms with Crippen LogP contribution in [0, 0.1) is 0 Å². The Morgan fingerprint density at radius 3 is 3.00 bits per heavy atom. The number of aromatic nitrogens is 4. The largest absolute Gasteiger partial charge is 0.489 e. The molecular weight excluding hydrogens is 388 g/mol. The zero-order chi connectivity index (χ0) is 19.7. The average molecular weight is 405 g/mol. The molecule has 4 rings (SSSR count). The zero-order valence-electron chi connectivity index (χ0n) is 15.1. The third-order valence-electron chi connectivity index (χ3n) is 4.28. The second-order valence-electron chi connectivity index (χ2n) is 6.30. The lowest BCUT2D eigenvalue weighted by atomic mass is 10.2. The molecule has 0 saturated carbocycles. The molecule has 28 heavy (non-hydrogen) atoms. The van der Waals surface area contributed by atoms with Crippen LogP contribution in [0.4, 0.5) is 0 Å². The maximum Gasteiger partial charge on any atom is 0.326 e. The summed E-state index contributed by atoms with van der Waals surface area (Å²) >= 11 is 6.24. The molecule has 1 aliphatic heterocycles. The predicted octanol–water partition coefficient (Wildman–Crippen LogP) is 1.69. The third-order valence-corrected chi connectivity index (χ3v) is 4.56. The Labute approximate surface area is 164 Å². The van der Waals surface area contributed by atoms with Gasteiger partial charge >= 0.3 is 5.97 Å². The van der Waals surface area contributed by atoms with Crippen molar-refractivity contribution in [2.24, 2.45) is 7.05 Å². The van der Waals surface area contributed by atoms with E-state index in [1.165, 1.54) is 21.8 Å². The first-order valence-electron chi connectivity index (χ1n) is 8.63. The number of carbonyl (C=O) groups is 1. The summed E-state index contributed by atoms with van der Waals surface area (Å²) in [5.74, 6) is 0.450. The zero-order valence-corrected chi connectivity index (χ0v) is 15.8. The number of hydrogen-bond acceptors (Lipinski definition) is 7. The Balaban J connectivity index is 1.45. The van der Waals surface area contributed by atoms with Crippen molar-refractivity contribution < 1.29 is 19.0 Å². The summed E-state index contributed by atoms with van der Waals surface area (Å²) in [5.41, 5.74) is 0.765. The van der Waals surface area contributed by atoms with Crippen molar-refractivity contribution in [3.63, 3.8) is 0 Å². The second kappa shape index (κ2) is 7.51. The van der Waals surface area contributed by atoms with E-state index in [2.05, 4.69) is 10.1 Å². The molecule has 0 unspecified atom stereocenters. The number of carbonyl (C=O) groups excluding carboxylic acids is 1. The highest BCUT2D eigenvalue weighted by atomic mass is 35.5. The number of fused-ring (bicyclic) bond motifs is 2. The quantitative estimate of drug-likeness (QED) is 0.610. The lowest BCUT2D eigenvalue weighted by Crippen LogP contribution is -2.25. The van der Waals surface area contributed by atoms with Gasteiger partial charge in [-0.25, -0.2) is 4.98 Å². The van der Waals surface area contributed by atoms with Crippen molar-refractivity contribution in [2.75, 3.05) is 13.2 Å². The van der Waals surface area contributed by atoms with E-state index in [-0.39, 0.29) is 18.7 Å². The van der Waals surface area contributed by atoms with Gasteiger partial charge in [0, 0.05) is 13.5 Å². The van der Waals surface area contributed by atoms with Crippen molar-refractivity contribution >= 4 is 28.6 Å². The highest BCUT2D eigenvalue weighted by Crippen LogP contribution is 2.38. The van der Waals surface area contributed by atoms with Gasteiger partial charge in [-0.15, -0.1) is 0 Å². The maximum atomic E-state index is 12.4. The smallest absolute Gasteiger partial charge is 0.326 e. The topological polar surface area (TPSA) is 97.5 Å². The Kier molecular flexibility index (Phi) is 4.91. The van der Waals surface area contributed by atoms with Gasteiger partial charge in [0.05, 0.1) is 24.4 Å². The van der Waals surface area contributed by atoms with Gasteiger partial charge < -0.3 is 14.2 Å². The van der Waals surface area contributed by atoms with Crippen LogP contribution in [0.5, 0.6) is 11.5 Å². The van der Waals surface area contributed by atoms with E-state index in [4.69, 9.17) is 25.8 Å². The molecule has 0 spiro atoms. The van der Waals surface area contributed by atoms with Gasteiger partial charge in [-0.3, -0.25) is 18.8 Å². The number of ether oxygens (including phenoxy) is 3. The van der Waals surface area contributed by atoms with E-state index in [1.807, 2.05) is 0 Å². The minimum atomic E-state index is -0.574. The summed E-state index contributed by atoms with van der Waals surface area (Å²) in [4.78, 5) is 28.7. The minimum Gasteiger partial charge on any atom is -0.489 e. The van der Waals surface area contributed by atoms with Crippen LogP contribution in [0.15, 0.2) is 29.5 Å². The van der Waals surface area contributed by atoms with E-state index in [0.717, 1.165) is 6.42 Å². The van der Waals surface area contributed by atoms with E-state index in [9.17, 15) is 9.59 Å². The first-order chi connectivity index (χ1) is 13.5. The van der Waals surface area contributed by atoms with Gasteiger partial charge in [-0.05, 0) is 17.7 Å². The van der Waals surface area contributed by atoms with Crippen molar-refractivity contribution in [2.45, 2.75) is 19.6 Å². The number of rotatable bonds is 4. The summed E-state index contributed by atoms with van der Waals surface area (Å²) in [6.07, 6.45) is 3.49.